The Bertz CT molecular complexity index is 959. The summed E-state index contributed by atoms with van der Waals surface area (Å²) in [6.45, 7) is 2.09. The molecule has 0 radical (unpaired) electrons. The first-order chi connectivity index (χ1) is 13.7. The molecule has 1 saturated heterocycles. The molecule has 0 aromatic heterocycles. The lowest BCUT2D eigenvalue weighted by Gasteiger charge is -2.45. The number of nitrogens with one attached hydrogen (secondary N) is 1. The third kappa shape index (κ3) is 3.87. The molecule has 2 N–H and O–H groups in total. The van der Waals surface area contributed by atoms with Crippen LogP contribution in [0.4, 0.5) is 0 Å². The fraction of sp³-hybridized carbons (Fsp3) is 0.231. The molecular formula is C26H25NO. The zero-order valence-electron chi connectivity index (χ0n) is 16.0. The van der Waals surface area contributed by atoms with Crippen molar-refractivity contribution in [2.75, 3.05) is 0 Å². The second-order valence-electron chi connectivity index (χ2n) is 7.55. The van der Waals surface area contributed by atoms with E-state index in [0.717, 1.165) is 5.56 Å². The molecule has 4 atom stereocenters. The number of hydrogen-bond acceptors (Lipinski definition) is 2. The van der Waals surface area contributed by atoms with Gasteiger partial charge >= 0.3 is 0 Å². The van der Waals surface area contributed by atoms with E-state index in [4.69, 9.17) is 0 Å². The normalized spacial score (nSPS) is 26.9. The molecule has 0 unspecified atom stereocenters. The van der Waals surface area contributed by atoms with E-state index < -0.39 is 5.60 Å². The average Bonchev–Trinajstić information content (AvgIpc) is 2.76. The zero-order chi connectivity index (χ0) is 19.4. The highest BCUT2D eigenvalue weighted by molar-refractivity contribution is 5.38. The number of piperidine rings is 1. The summed E-state index contributed by atoms with van der Waals surface area (Å²) in [5, 5.41) is 15.4. The summed E-state index contributed by atoms with van der Waals surface area (Å²) in [7, 11) is 0. The minimum atomic E-state index is -1.08. The van der Waals surface area contributed by atoms with Gasteiger partial charge in [-0.05, 0) is 23.3 Å². The van der Waals surface area contributed by atoms with E-state index in [0.29, 0.717) is 6.42 Å². The van der Waals surface area contributed by atoms with E-state index in [1.807, 2.05) is 66.7 Å². The van der Waals surface area contributed by atoms with Gasteiger partial charge in [-0.15, -0.1) is 0 Å². The third-order valence-corrected chi connectivity index (χ3v) is 5.71. The van der Waals surface area contributed by atoms with Crippen LogP contribution in [0.15, 0.2) is 91.0 Å². The first-order valence-corrected chi connectivity index (χ1v) is 9.82. The predicted octanol–water partition coefficient (Wildman–Crippen LogP) is 4.88. The topological polar surface area (TPSA) is 32.3 Å². The summed E-state index contributed by atoms with van der Waals surface area (Å²) >= 11 is 0. The molecule has 2 heteroatoms. The summed E-state index contributed by atoms with van der Waals surface area (Å²) in [5.41, 5.74) is 2.20. The fourth-order valence-electron chi connectivity index (χ4n) is 4.00. The Hall–Kier alpha value is -2.86. The summed E-state index contributed by atoms with van der Waals surface area (Å²) in [4.78, 5) is 0. The molecule has 28 heavy (non-hydrogen) atoms. The molecular weight excluding hydrogens is 342 g/mol. The molecule has 140 valence electrons. The quantitative estimate of drug-likeness (QED) is 0.633. The minimum absolute atomic E-state index is 0.0234. The lowest BCUT2D eigenvalue weighted by atomic mass is 9.72. The van der Waals surface area contributed by atoms with Gasteiger partial charge in [-0.25, -0.2) is 0 Å². The number of benzene rings is 3. The van der Waals surface area contributed by atoms with Crippen molar-refractivity contribution in [3.8, 4) is 11.8 Å². The maximum Gasteiger partial charge on any atom is 0.132 e. The Labute approximate surface area is 167 Å². The van der Waals surface area contributed by atoms with Crippen LogP contribution in [0.25, 0.3) is 0 Å². The SMILES string of the molecule is C[C@@H]1[C@H](c2ccccc2)N[C@H](c2ccccc2)C[C@@]1(O)C#Cc1ccccc1. The molecule has 3 aromatic rings. The van der Waals surface area contributed by atoms with Gasteiger partial charge in [0.25, 0.3) is 0 Å². The Morgan fingerprint density at radius 3 is 1.96 bits per heavy atom. The van der Waals surface area contributed by atoms with Crippen LogP contribution >= 0.6 is 0 Å². The molecule has 0 spiro atoms. The fourth-order valence-corrected chi connectivity index (χ4v) is 4.00. The Morgan fingerprint density at radius 2 is 1.36 bits per heavy atom. The van der Waals surface area contributed by atoms with Crippen molar-refractivity contribution in [3.05, 3.63) is 108 Å². The van der Waals surface area contributed by atoms with Crippen LogP contribution in [0, 0.1) is 17.8 Å². The Morgan fingerprint density at radius 1 is 0.821 bits per heavy atom. The average molecular weight is 367 g/mol. The minimum Gasteiger partial charge on any atom is -0.377 e. The van der Waals surface area contributed by atoms with Gasteiger partial charge in [0.1, 0.15) is 5.60 Å². The van der Waals surface area contributed by atoms with Crippen LogP contribution in [0.1, 0.15) is 42.1 Å². The molecule has 4 rings (SSSR count). The monoisotopic (exact) mass is 367 g/mol. The zero-order valence-corrected chi connectivity index (χ0v) is 16.0. The van der Waals surface area contributed by atoms with E-state index in [2.05, 4.69) is 48.3 Å². The second-order valence-corrected chi connectivity index (χ2v) is 7.55. The Kier molecular flexibility index (Phi) is 5.30. The largest absolute Gasteiger partial charge is 0.377 e. The van der Waals surface area contributed by atoms with E-state index in [1.54, 1.807) is 0 Å². The van der Waals surface area contributed by atoms with E-state index in [-0.39, 0.29) is 18.0 Å². The van der Waals surface area contributed by atoms with Gasteiger partial charge in [-0.1, -0.05) is 97.6 Å². The van der Waals surface area contributed by atoms with Crippen molar-refractivity contribution in [2.24, 2.45) is 5.92 Å². The van der Waals surface area contributed by atoms with Gasteiger partial charge in [-0.2, -0.15) is 0 Å². The summed E-state index contributed by atoms with van der Waals surface area (Å²) in [6, 6.07) is 30.6. The van der Waals surface area contributed by atoms with Crippen molar-refractivity contribution < 1.29 is 5.11 Å². The maximum atomic E-state index is 11.7. The number of rotatable bonds is 2. The molecule has 1 aliphatic heterocycles. The highest BCUT2D eigenvalue weighted by Gasteiger charge is 2.45. The second kappa shape index (κ2) is 8.02. The molecule has 1 fully saturated rings. The maximum absolute atomic E-state index is 11.7. The van der Waals surface area contributed by atoms with Crippen LogP contribution in [0.5, 0.6) is 0 Å². The number of aliphatic hydroxyl groups is 1. The molecule has 2 nitrogen and oxygen atoms in total. The van der Waals surface area contributed by atoms with Crippen molar-refractivity contribution in [1.29, 1.82) is 0 Å². The molecule has 1 heterocycles. The van der Waals surface area contributed by atoms with Crippen molar-refractivity contribution >= 4 is 0 Å². The van der Waals surface area contributed by atoms with Gasteiger partial charge in [-0.3, -0.25) is 0 Å². The van der Waals surface area contributed by atoms with Crippen LogP contribution in [-0.2, 0) is 0 Å². The summed E-state index contributed by atoms with van der Waals surface area (Å²) in [5.74, 6) is 6.38. The van der Waals surface area contributed by atoms with Crippen LogP contribution in [0.2, 0.25) is 0 Å². The molecule has 0 amide bonds. The first kappa shape index (κ1) is 18.5. The van der Waals surface area contributed by atoms with E-state index >= 15 is 0 Å². The highest BCUT2D eigenvalue weighted by atomic mass is 16.3. The van der Waals surface area contributed by atoms with Gasteiger partial charge in [0.05, 0.1) is 0 Å². The van der Waals surface area contributed by atoms with Gasteiger partial charge < -0.3 is 10.4 Å². The molecule has 0 saturated carbocycles. The summed E-state index contributed by atoms with van der Waals surface area (Å²) < 4.78 is 0. The molecule has 0 bridgehead atoms. The lowest BCUT2D eigenvalue weighted by molar-refractivity contribution is -0.0196. The smallest absolute Gasteiger partial charge is 0.132 e. The van der Waals surface area contributed by atoms with Crippen molar-refractivity contribution in [3.63, 3.8) is 0 Å². The highest BCUT2D eigenvalue weighted by Crippen LogP contribution is 2.42. The van der Waals surface area contributed by atoms with E-state index in [1.165, 1.54) is 11.1 Å². The van der Waals surface area contributed by atoms with Gasteiger partial charge in [0, 0.05) is 30.0 Å². The first-order valence-electron chi connectivity index (χ1n) is 9.82. The molecule has 0 aliphatic carbocycles. The number of hydrogen-bond donors (Lipinski definition) is 2. The van der Waals surface area contributed by atoms with E-state index in [9.17, 15) is 5.11 Å². The third-order valence-electron chi connectivity index (χ3n) is 5.71. The molecule has 3 aromatic carbocycles. The van der Waals surface area contributed by atoms with Crippen molar-refractivity contribution in [2.45, 2.75) is 31.0 Å². The van der Waals surface area contributed by atoms with Crippen LogP contribution in [-0.4, -0.2) is 10.7 Å². The predicted molar refractivity (Wildman–Crippen MR) is 114 cm³/mol. The van der Waals surface area contributed by atoms with Crippen LogP contribution < -0.4 is 5.32 Å². The summed E-state index contributed by atoms with van der Waals surface area (Å²) in [6.07, 6.45) is 0.557. The van der Waals surface area contributed by atoms with Crippen molar-refractivity contribution in [1.82, 2.24) is 5.32 Å². The Balaban J connectivity index is 1.72. The standard InChI is InChI=1S/C26H25NO/c1-20-25(23-15-9-4-10-16-23)27-24(22-13-7-3-8-14-22)19-26(20,28)18-17-21-11-5-2-6-12-21/h2-16,20,24-25,27-28H,19H2,1H3/t20-,24+,25-,26+/m1/s1. The van der Waals surface area contributed by atoms with Gasteiger partial charge in [0.2, 0.25) is 0 Å². The van der Waals surface area contributed by atoms with Gasteiger partial charge in [0.15, 0.2) is 0 Å². The lowest BCUT2D eigenvalue weighted by Crippen LogP contribution is -2.51. The molecule has 1 aliphatic rings. The van der Waals surface area contributed by atoms with Crippen LogP contribution in [0.3, 0.4) is 0 Å².